The quantitative estimate of drug-likeness (QED) is 0.751. The molecule has 0 spiro atoms. The fraction of sp³-hybridized carbons (Fsp3) is 0.500. The lowest BCUT2D eigenvalue weighted by atomic mass is 10.0. The molecule has 2 aromatic heterocycles. The standard InChI is InChI=1S/C12H16N4O2/c1-3-6-9(12(17)18-4-2)11-15-14-10-7-5-8-13-16(10)11/h5,7-9H,3-4,6H2,1-2H3. The maximum absolute atomic E-state index is 11.9. The first-order chi connectivity index (χ1) is 8.77. The van der Waals surface area contributed by atoms with Gasteiger partial charge in [-0.25, -0.2) is 0 Å². The fourth-order valence-electron chi connectivity index (χ4n) is 1.86. The molecule has 0 saturated carbocycles. The topological polar surface area (TPSA) is 69.4 Å². The van der Waals surface area contributed by atoms with Crippen molar-refractivity contribution in [1.82, 2.24) is 19.8 Å². The van der Waals surface area contributed by atoms with E-state index in [-0.39, 0.29) is 5.97 Å². The Morgan fingerprint density at radius 1 is 1.44 bits per heavy atom. The summed E-state index contributed by atoms with van der Waals surface area (Å²) in [5.41, 5.74) is 0.637. The first-order valence-electron chi connectivity index (χ1n) is 6.10. The van der Waals surface area contributed by atoms with E-state index >= 15 is 0 Å². The Morgan fingerprint density at radius 3 is 3.00 bits per heavy atom. The Bertz CT molecular complexity index is 538. The van der Waals surface area contributed by atoms with E-state index in [1.807, 2.05) is 6.92 Å². The number of nitrogens with zero attached hydrogens (tertiary/aromatic N) is 4. The van der Waals surface area contributed by atoms with Crippen molar-refractivity contribution in [3.8, 4) is 0 Å². The molecular weight excluding hydrogens is 232 g/mol. The molecule has 1 unspecified atom stereocenters. The largest absolute Gasteiger partial charge is 0.465 e. The second-order valence-electron chi connectivity index (χ2n) is 3.95. The van der Waals surface area contributed by atoms with Crippen molar-refractivity contribution in [1.29, 1.82) is 0 Å². The van der Waals surface area contributed by atoms with Crippen LogP contribution in [0.5, 0.6) is 0 Å². The van der Waals surface area contributed by atoms with Gasteiger partial charge in [-0.3, -0.25) is 4.79 Å². The van der Waals surface area contributed by atoms with E-state index in [1.54, 1.807) is 29.8 Å². The summed E-state index contributed by atoms with van der Waals surface area (Å²) in [6.45, 7) is 4.17. The van der Waals surface area contributed by atoms with Gasteiger partial charge >= 0.3 is 5.97 Å². The average Bonchev–Trinajstić information content (AvgIpc) is 2.80. The number of aromatic nitrogens is 4. The van der Waals surface area contributed by atoms with E-state index in [1.165, 1.54) is 0 Å². The van der Waals surface area contributed by atoms with Gasteiger partial charge in [-0.1, -0.05) is 13.3 Å². The third-order valence-corrected chi connectivity index (χ3v) is 2.66. The van der Waals surface area contributed by atoms with Gasteiger partial charge in [0.15, 0.2) is 11.5 Å². The molecule has 0 N–H and O–H groups in total. The summed E-state index contributed by atoms with van der Waals surface area (Å²) in [6, 6.07) is 3.59. The highest BCUT2D eigenvalue weighted by Crippen LogP contribution is 2.21. The molecule has 96 valence electrons. The van der Waals surface area contributed by atoms with Crippen molar-refractivity contribution in [3.63, 3.8) is 0 Å². The summed E-state index contributed by atoms with van der Waals surface area (Å²) < 4.78 is 6.68. The molecular formula is C12H16N4O2. The summed E-state index contributed by atoms with van der Waals surface area (Å²) in [5.74, 6) is -0.120. The van der Waals surface area contributed by atoms with Gasteiger partial charge < -0.3 is 4.74 Å². The number of ether oxygens (including phenoxy) is 1. The first kappa shape index (κ1) is 12.5. The number of carbonyl (C=O) groups excluding carboxylic acids is 1. The third-order valence-electron chi connectivity index (χ3n) is 2.66. The zero-order valence-corrected chi connectivity index (χ0v) is 10.5. The predicted octanol–water partition coefficient (Wildman–Crippen LogP) is 1.57. The molecule has 18 heavy (non-hydrogen) atoms. The maximum atomic E-state index is 11.9. The van der Waals surface area contributed by atoms with Crippen LogP contribution >= 0.6 is 0 Å². The Kier molecular flexibility index (Phi) is 3.86. The number of hydrogen-bond acceptors (Lipinski definition) is 5. The van der Waals surface area contributed by atoms with E-state index in [0.29, 0.717) is 24.5 Å². The predicted molar refractivity (Wildman–Crippen MR) is 65.1 cm³/mol. The molecule has 1 atom stereocenters. The molecule has 6 heteroatoms. The smallest absolute Gasteiger partial charge is 0.316 e. The molecule has 0 aliphatic heterocycles. The molecule has 2 rings (SSSR count). The number of hydrogen-bond donors (Lipinski definition) is 0. The van der Waals surface area contributed by atoms with E-state index in [9.17, 15) is 4.79 Å². The highest BCUT2D eigenvalue weighted by Gasteiger charge is 2.26. The third kappa shape index (κ3) is 2.32. The number of esters is 1. The van der Waals surface area contributed by atoms with Crippen LogP contribution in [0.4, 0.5) is 0 Å². The van der Waals surface area contributed by atoms with E-state index in [2.05, 4.69) is 15.3 Å². The monoisotopic (exact) mass is 248 g/mol. The minimum atomic E-state index is -0.403. The highest BCUT2D eigenvalue weighted by atomic mass is 16.5. The van der Waals surface area contributed by atoms with E-state index in [0.717, 1.165) is 6.42 Å². The lowest BCUT2D eigenvalue weighted by Gasteiger charge is -2.12. The van der Waals surface area contributed by atoms with Crippen molar-refractivity contribution >= 4 is 11.6 Å². The SMILES string of the molecule is CCCC(C(=O)OCC)c1nnc2cccnn12. The van der Waals surface area contributed by atoms with Crippen molar-refractivity contribution in [2.45, 2.75) is 32.6 Å². The molecule has 2 aromatic rings. The van der Waals surface area contributed by atoms with Crippen molar-refractivity contribution in [2.24, 2.45) is 0 Å². The molecule has 0 fully saturated rings. The Balaban J connectivity index is 2.38. The summed E-state index contributed by atoms with van der Waals surface area (Å²) in [5, 5.41) is 12.2. The van der Waals surface area contributed by atoms with Crippen LogP contribution in [0.25, 0.3) is 5.65 Å². The van der Waals surface area contributed by atoms with Crippen LogP contribution in [0.2, 0.25) is 0 Å². The van der Waals surface area contributed by atoms with E-state index in [4.69, 9.17) is 4.74 Å². The summed E-state index contributed by atoms with van der Waals surface area (Å²) in [6.07, 6.45) is 3.19. The van der Waals surface area contributed by atoms with Crippen molar-refractivity contribution < 1.29 is 9.53 Å². The molecule has 0 aromatic carbocycles. The molecule has 0 amide bonds. The normalized spacial score (nSPS) is 12.6. The van der Waals surface area contributed by atoms with Gasteiger partial charge in [0, 0.05) is 6.20 Å². The zero-order valence-electron chi connectivity index (χ0n) is 10.5. The zero-order chi connectivity index (χ0) is 13.0. The van der Waals surface area contributed by atoms with Crippen LogP contribution < -0.4 is 0 Å². The second-order valence-corrected chi connectivity index (χ2v) is 3.95. The molecule has 0 saturated heterocycles. The summed E-state index contributed by atoms with van der Waals surface area (Å²) >= 11 is 0. The van der Waals surface area contributed by atoms with Crippen LogP contribution in [-0.4, -0.2) is 32.4 Å². The second kappa shape index (κ2) is 5.57. The molecule has 0 bridgehead atoms. The maximum Gasteiger partial charge on any atom is 0.316 e. The van der Waals surface area contributed by atoms with Crippen molar-refractivity contribution in [2.75, 3.05) is 6.61 Å². The minimum Gasteiger partial charge on any atom is -0.465 e. The molecule has 0 radical (unpaired) electrons. The lowest BCUT2D eigenvalue weighted by Crippen LogP contribution is -2.19. The first-order valence-corrected chi connectivity index (χ1v) is 6.10. The Labute approximate surface area is 105 Å². The van der Waals surface area contributed by atoms with Crippen LogP contribution in [-0.2, 0) is 9.53 Å². The molecule has 2 heterocycles. The summed E-state index contributed by atoms with van der Waals surface area (Å²) in [7, 11) is 0. The molecule has 0 aliphatic rings. The number of fused-ring (bicyclic) bond motifs is 1. The molecule has 6 nitrogen and oxygen atoms in total. The fourth-order valence-corrected chi connectivity index (χ4v) is 1.86. The van der Waals surface area contributed by atoms with Gasteiger partial charge in [-0.05, 0) is 25.5 Å². The minimum absolute atomic E-state index is 0.265. The number of rotatable bonds is 5. The van der Waals surface area contributed by atoms with Crippen molar-refractivity contribution in [3.05, 3.63) is 24.2 Å². The Morgan fingerprint density at radius 2 is 2.28 bits per heavy atom. The van der Waals surface area contributed by atoms with Gasteiger partial charge in [0.05, 0.1) is 6.61 Å². The highest BCUT2D eigenvalue weighted by molar-refractivity contribution is 5.77. The Hall–Kier alpha value is -1.98. The average molecular weight is 248 g/mol. The van der Waals surface area contributed by atoms with Gasteiger partial charge in [0.2, 0.25) is 0 Å². The summed E-state index contributed by atoms with van der Waals surface area (Å²) in [4.78, 5) is 11.9. The molecule has 0 aliphatic carbocycles. The van der Waals surface area contributed by atoms with Crippen LogP contribution in [0.15, 0.2) is 18.3 Å². The lowest BCUT2D eigenvalue weighted by molar-refractivity contribution is -0.145. The number of carbonyl (C=O) groups is 1. The van der Waals surface area contributed by atoms with Crippen LogP contribution in [0, 0.1) is 0 Å². The van der Waals surface area contributed by atoms with E-state index < -0.39 is 5.92 Å². The van der Waals surface area contributed by atoms with Gasteiger partial charge in [0.1, 0.15) is 5.92 Å². The van der Waals surface area contributed by atoms with Gasteiger partial charge in [-0.15, -0.1) is 10.2 Å². The van der Waals surface area contributed by atoms with Gasteiger partial charge in [0.25, 0.3) is 0 Å². The van der Waals surface area contributed by atoms with Crippen LogP contribution in [0.1, 0.15) is 38.4 Å². The van der Waals surface area contributed by atoms with Crippen LogP contribution in [0.3, 0.4) is 0 Å². The van der Waals surface area contributed by atoms with Gasteiger partial charge in [-0.2, -0.15) is 9.61 Å².